The van der Waals surface area contributed by atoms with Crippen LogP contribution in [0.15, 0.2) is 16.9 Å². The third-order valence-electron chi connectivity index (χ3n) is 3.35. The van der Waals surface area contributed by atoms with Gasteiger partial charge in [0, 0.05) is 11.3 Å². The van der Waals surface area contributed by atoms with E-state index in [1.54, 1.807) is 6.07 Å². The molecule has 1 N–H and O–H groups in total. The maximum absolute atomic E-state index is 12.3. The van der Waals surface area contributed by atoms with Crippen LogP contribution in [0.1, 0.15) is 29.6 Å². The van der Waals surface area contributed by atoms with E-state index in [9.17, 15) is 14.7 Å². The largest absolute Gasteiger partial charge is 0.480 e. The molecule has 8 heteroatoms. The molecule has 0 amide bonds. The van der Waals surface area contributed by atoms with E-state index in [2.05, 4.69) is 5.10 Å². The van der Waals surface area contributed by atoms with Gasteiger partial charge in [0.05, 0.1) is 10.9 Å². The van der Waals surface area contributed by atoms with E-state index in [0.29, 0.717) is 29.5 Å². The number of nitrogens with zero attached hydrogens (tertiary/aromatic N) is 3. The summed E-state index contributed by atoms with van der Waals surface area (Å²) in [4.78, 5) is 24.5. The molecule has 20 heavy (non-hydrogen) atoms. The SMILES string of the molecule is O=C(O)C1CCCc2nn(Cc3ccc(Cl)s3)c(=O)n21. The first kappa shape index (κ1) is 13.4. The van der Waals surface area contributed by atoms with Crippen molar-refractivity contribution in [2.75, 3.05) is 0 Å². The minimum Gasteiger partial charge on any atom is -0.480 e. The molecule has 0 saturated carbocycles. The summed E-state index contributed by atoms with van der Waals surface area (Å²) in [5.74, 6) is -0.428. The van der Waals surface area contributed by atoms with Crippen molar-refractivity contribution in [3.05, 3.63) is 37.7 Å². The Labute approximate surface area is 123 Å². The van der Waals surface area contributed by atoms with Gasteiger partial charge in [0.15, 0.2) is 0 Å². The molecule has 6 nitrogen and oxygen atoms in total. The zero-order valence-corrected chi connectivity index (χ0v) is 12.0. The van der Waals surface area contributed by atoms with Crippen molar-refractivity contribution in [1.82, 2.24) is 14.3 Å². The molecule has 0 fully saturated rings. The smallest absolute Gasteiger partial charge is 0.347 e. The Morgan fingerprint density at radius 1 is 1.55 bits per heavy atom. The number of aryl methyl sites for hydroxylation is 1. The van der Waals surface area contributed by atoms with E-state index in [0.717, 1.165) is 11.3 Å². The molecule has 2 aromatic heterocycles. The van der Waals surface area contributed by atoms with Crippen LogP contribution in [0.25, 0.3) is 0 Å². The number of thiophene rings is 1. The Balaban J connectivity index is 1.98. The summed E-state index contributed by atoms with van der Waals surface area (Å²) in [6, 6.07) is 2.81. The molecule has 0 aliphatic carbocycles. The number of halogens is 1. The Morgan fingerprint density at radius 2 is 2.35 bits per heavy atom. The summed E-state index contributed by atoms with van der Waals surface area (Å²) in [5, 5.41) is 13.5. The minimum absolute atomic E-state index is 0.322. The molecule has 1 aliphatic heterocycles. The minimum atomic E-state index is -0.980. The van der Waals surface area contributed by atoms with Gasteiger partial charge in [0.1, 0.15) is 11.9 Å². The summed E-state index contributed by atoms with van der Waals surface area (Å²) in [6.07, 6.45) is 1.84. The van der Waals surface area contributed by atoms with Crippen LogP contribution in [-0.2, 0) is 17.8 Å². The van der Waals surface area contributed by atoms with Crippen LogP contribution in [0.5, 0.6) is 0 Å². The summed E-state index contributed by atoms with van der Waals surface area (Å²) in [6.45, 7) is 0.322. The van der Waals surface area contributed by atoms with Gasteiger partial charge in [-0.3, -0.25) is 4.57 Å². The van der Waals surface area contributed by atoms with Crippen molar-refractivity contribution in [2.24, 2.45) is 0 Å². The van der Waals surface area contributed by atoms with Gasteiger partial charge < -0.3 is 5.11 Å². The van der Waals surface area contributed by atoms with E-state index in [1.165, 1.54) is 20.6 Å². The van der Waals surface area contributed by atoms with Crippen LogP contribution in [-0.4, -0.2) is 25.4 Å². The first-order valence-corrected chi connectivity index (χ1v) is 7.41. The van der Waals surface area contributed by atoms with Gasteiger partial charge in [0.25, 0.3) is 0 Å². The second kappa shape index (κ2) is 5.06. The van der Waals surface area contributed by atoms with E-state index in [-0.39, 0.29) is 5.69 Å². The normalized spacial score (nSPS) is 17.9. The molecular weight excluding hydrogens is 302 g/mol. The topological polar surface area (TPSA) is 77.1 Å². The molecule has 0 spiro atoms. The van der Waals surface area contributed by atoms with Gasteiger partial charge in [-0.15, -0.1) is 11.3 Å². The molecule has 2 aromatic rings. The number of carboxylic acids is 1. The maximum Gasteiger partial charge on any atom is 0.347 e. The molecule has 3 rings (SSSR count). The summed E-state index contributed by atoms with van der Waals surface area (Å²) >= 11 is 7.24. The van der Waals surface area contributed by atoms with Crippen LogP contribution in [0, 0.1) is 0 Å². The van der Waals surface area contributed by atoms with Crippen LogP contribution in [0.3, 0.4) is 0 Å². The monoisotopic (exact) mass is 313 g/mol. The lowest BCUT2D eigenvalue weighted by molar-refractivity contribution is -0.141. The standard InChI is InChI=1S/C12H12ClN3O3S/c13-9-5-4-7(20-9)6-15-12(19)16-8(11(17)18)2-1-3-10(16)14-15/h4-5,8H,1-3,6H2,(H,17,18). The predicted molar refractivity (Wildman–Crippen MR) is 74.5 cm³/mol. The van der Waals surface area contributed by atoms with Gasteiger partial charge in [-0.25, -0.2) is 14.3 Å². The molecule has 0 radical (unpaired) electrons. The number of rotatable bonds is 3. The zero-order valence-electron chi connectivity index (χ0n) is 10.5. The molecule has 0 saturated heterocycles. The summed E-state index contributed by atoms with van der Waals surface area (Å²) < 4.78 is 3.28. The highest BCUT2D eigenvalue weighted by atomic mass is 35.5. The molecular formula is C12H12ClN3O3S. The Morgan fingerprint density at radius 3 is 3.00 bits per heavy atom. The Bertz CT molecular complexity index is 718. The van der Waals surface area contributed by atoms with Gasteiger partial charge in [-0.2, -0.15) is 5.10 Å². The van der Waals surface area contributed by atoms with E-state index < -0.39 is 12.0 Å². The maximum atomic E-state index is 12.3. The molecule has 0 aromatic carbocycles. The van der Waals surface area contributed by atoms with Crippen LogP contribution in [0.4, 0.5) is 0 Å². The average Bonchev–Trinajstić information content (AvgIpc) is 2.95. The lowest BCUT2D eigenvalue weighted by Crippen LogP contribution is -2.34. The van der Waals surface area contributed by atoms with Crippen LogP contribution in [0.2, 0.25) is 4.34 Å². The lowest BCUT2D eigenvalue weighted by Gasteiger charge is -2.19. The van der Waals surface area contributed by atoms with Crippen molar-refractivity contribution < 1.29 is 9.90 Å². The van der Waals surface area contributed by atoms with Crippen molar-refractivity contribution in [1.29, 1.82) is 0 Å². The number of aliphatic carboxylic acids is 1. The predicted octanol–water partition coefficient (Wildman–Crippen LogP) is 1.77. The van der Waals surface area contributed by atoms with Gasteiger partial charge >= 0.3 is 11.7 Å². The fourth-order valence-electron chi connectivity index (χ4n) is 2.45. The fraction of sp³-hybridized carbons (Fsp3) is 0.417. The van der Waals surface area contributed by atoms with Gasteiger partial charge in [-0.1, -0.05) is 11.6 Å². The molecule has 106 valence electrons. The highest BCUT2D eigenvalue weighted by molar-refractivity contribution is 7.16. The zero-order chi connectivity index (χ0) is 14.3. The highest BCUT2D eigenvalue weighted by Gasteiger charge is 2.30. The number of carbonyl (C=O) groups is 1. The van der Waals surface area contributed by atoms with E-state index in [1.807, 2.05) is 6.07 Å². The van der Waals surface area contributed by atoms with E-state index >= 15 is 0 Å². The first-order valence-electron chi connectivity index (χ1n) is 6.21. The molecule has 1 unspecified atom stereocenters. The van der Waals surface area contributed by atoms with Crippen molar-refractivity contribution in [3.63, 3.8) is 0 Å². The summed E-state index contributed by atoms with van der Waals surface area (Å²) in [5.41, 5.74) is -0.364. The number of hydrogen-bond acceptors (Lipinski definition) is 4. The van der Waals surface area contributed by atoms with Gasteiger partial charge in [0.2, 0.25) is 0 Å². The Kier molecular flexibility index (Phi) is 3.39. The average molecular weight is 314 g/mol. The van der Waals surface area contributed by atoms with Crippen molar-refractivity contribution in [3.8, 4) is 0 Å². The van der Waals surface area contributed by atoms with Gasteiger partial charge in [-0.05, 0) is 25.0 Å². The number of hydrogen-bond donors (Lipinski definition) is 1. The van der Waals surface area contributed by atoms with Crippen molar-refractivity contribution in [2.45, 2.75) is 31.8 Å². The fourth-order valence-corrected chi connectivity index (χ4v) is 3.52. The molecule has 1 atom stereocenters. The van der Waals surface area contributed by atoms with Crippen LogP contribution >= 0.6 is 22.9 Å². The first-order chi connectivity index (χ1) is 9.56. The highest BCUT2D eigenvalue weighted by Crippen LogP contribution is 2.24. The van der Waals surface area contributed by atoms with E-state index in [4.69, 9.17) is 11.6 Å². The number of carboxylic acid groups (broad SMARTS) is 1. The second-order valence-corrected chi connectivity index (χ2v) is 6.48. The summed E-state index contributed by atoms with van der Waals surface area (Å²) in [7, 11) is 0. The Hall–Kier alpha value is -1.60. The van der Waals surface area contributed by atoms with Crippen molar-refractivity contribution >= 4 is 28.9 Å². The molecule has 3 heterocycles. The molecule has 0 bridgehead atoms. The lowest BCUT2D eigenvalue weighted by atomic mass is 10.1. The quantitative estimate of drug-likeness (QED) is 0.937. The third-order valence-corrected chi connectivity index (χ3v) is 4.57. The molecule has 1 aliphatic rings. The third kappa shape index (κ3) is 2.27. The number of aromatic nitrogens is 3. The second-order valence-electron chi connectivity index (χ2n) is 4.68. The van der Waals surface area contributed by atoms with Crippen LogP contribution < -0.4 is 5.69 Å². The number of fused-ring (bicyclic) bond motifs is 1.